The van der Waals surface area contributed by atoms with Crippen LogP contribution >= 0.6 is 11.6 Å². The molecule has 0 bridgehead atoms. The van der Waals surface area contributed by atoms with Crippen LogP contribution in [0.25, 0.3) is 66.9 Å². The Labute approximate surface area is 244 Å². The molecule has 0 atom stereocenters. The van der Waals surface area contributed by atoms with Crippen molar-refractivity contribution >= 4 is 22.4 Å². The lowest BCUT2D eigenvalue weighted by atomic mass is 9.96. The molecule has 0 aliphatic carbocycles. The van der Waals surface area contributed by atoms with Gasteiger partial charge in [-0.3, -0.25) is 0 Å². The molecule has 194 valence electrons. The molecule has 1 aromatic heterocycles. The van der Waals surface area contributed by atoms with E-state index in [4.69, 9.17) is 21.6 Å². The first kappa shape index (κ1) is 25.0. The Balaban J connectivity index is 1.34. The van der Waals surface area contributed by atoms with Crippen LogP contribution in [0, 0.1) is 0 Å². The van der Waals surface area contributed by atoms with Crippen molar-refractivity contribution in [3.63, 3.8) is 0 Å². The number of benzene rings is 6. The molecule has 0 unspecified atom stereocenters. The van der Waals surface area contributed by atoms with Gasteiger partial charge in [0.1, 0.15) is 0 Å². The molecule has 7 aromatic rings. The van der Waals surface area contributed by atoms with Gasteiger partial charge in [0.2, 0.25) is 0 Å². The van der Waals surface area contributed by atoms with Crippen LogP contribution in [0.2, 0.25) is 5.02 Å². The van der Waals surface area contributed by atoms with Crippen molar-refractivity contribution in [1.82, 2.24) is 9.97 Å². The number of fused-ring (bicyclic) bond motifs is 1. The molecule has 0 aliphatic rings. The maximum Gasteiger partial charge on any atom is 0.160 e. The minimum Gasteiger partial charge on any atom is -0.228 e. The highest BCUT2D eigenvalue weighted by atomic mass is 35.5. The minimum absolute atomic E-state index is 0.699. The van der Waals surface area contributed by atoms with Gasteiger partial charge in [0, 0.05) is 27.3 Å². The molecule has 1 heterocycles. The Morgan fingerprint density at radius 3 is 1.73 bits per heavy atom. The quantitative estimate of drug-likeness (QED) is 0.215. The third-order valence-corrected chi connectivity index (χ3v) is 7.69. The molecule has 41 heavy (non-hydrogen) atoms. The Morgan fingerprint density at radius 1 is 0.390 bits per heavy atom. The fraction of sp³-hybridized carbons (Fsp3) is 0. The van der Waals surface area contributed by atoms with E-state index in [0.717, 1.165) is 55.2 Å². The van der Waals surface area contributed by atoms with Gasteiger partial charge in [0.05, 0.1) is 11.4 Å². The average molecular weight is 545 g/mol. The number of rotatable bonds is 5. The summed E-state index contributed by atoms with van der Waals surface area (Å²) in [5.74, 6) is 0.699. The van der Waals surface area contributed by atoms with Crippen LogP contribution in [0.1, 0.15) is 0 Å². The summed E-state index contributed by atoms with van der Waals surface area (Å²) in [7, 11) is 0. The summed E-state index contributed by atoms with van der Waals surface area (Å²) in [6.45, 7) is 0. The Kier molecular flexibility index (Phi) is 6.60. The predicted molar refractivity (Wildman–Crippen MR) is 172 cm³/mol. The van der Waals surface area contributed by atoms with Crippen LogP contribution in [0.3, 0.4) is 0 Å². The summed E-state index contributed by atoms with van der Waals surface area (Å²) in [4.78, 5) is 10.0. The molecule has 0 spiro atoms. The Bertz CT molecular complexity index is 1980. The molecule has 0 radical (unpaired) electrons. The van der Waals surface area contributed by atoms with Crippen molar-refractivity contribution in [3.8, 4) is 56.2 Å². The summed E-state index contributed by atoms with van der Waals surface area (Å²) in [6, 6.07) is 52.0. The first-order valence-corrected chi connectivity index (χ1v) is 14.0. The number of aromatic nitrogens is 2. The van der Waals surface area contributed by atoms with Crippen LogP contribution in [0.5, 0.6) is 0 Å². The van der Waals surface area contributed by atoms with Gasteiger partial charge in [-0.1, -0.05) is 145 Å². The van der Waals surface area contributed by atoms with Crippen molar-refractivity contribution in [2.24, 2.45) is 0 Å². The van der Waals surface area contributed by atoms with E-state index in [2.05, 4.69) is 121 Å². The Hall–Kier alpha value is -5.05. The first-order chi connectivity index (χ1) is 20.2. The molecule has 7 rings (SSSR count). The third-order valence-electron chi connectivity index (χ3n) is 7.37. The number of halogens is 1. The van der Waals surface area contributed by atoms with Crippen molar-refractivity contribution in [1.29, 1.82) is 0 Å². The zero-order valence-corrected chi connectivity index (χ0v) is 23.0. The summed E-state index contributed by atoms with van der Waals surface area (Å²) < 4.78 is 0. The van der Waals surface area contributed by atoms with E-state index in [0.29, 0.717) is 5.82 Å². The van der Waals surface area contributed by atoms with E-state index in [-0.39, 0.29) is 0 Å². The topological polar surface area (TPSA) is 25.8 Å². The fourth-order valence-corrected chi connectivity index (χ4v) is 5.57. The second kappa shape index (κ2) is 10.8. The van der Waals surface area contributed by atoms with Crippen molar-refractivity contribution in [2.75, 3.05) is 0 Å². The van der Waals surface area contributed by atoms with Crippen LogP contribution in [0.15, 0.2) is 152 Å². The van der Waals surface area contributed by atoms with Crippen LogP contribution < -0.4 is 0 Å². The second-order valence-corrected chi connectivity index (χ2v) is 10.4. The zero-order valence-electron chi connectivity index (χ0n) is 22.2. The molecule has 0 aliphatic heterocycles. The van der Waals surface area contributed by atoms with Gasteiger partial charge in [0.15, 0.2) is 5.82 Å². The average Bonchev–Trinajstić information content (AvgIpc) is 3.05. The molecule has 2 nitrogen and oxygen atoms in total. The summed E-state index contributed by atoms with van der Waals surface area (Å²) in [5.41, 5.74) is 9.24. The summed E-state index contributed by atoms with van der Waals surface area (Å²) >= 11 is 6.71. The van der Waals surface area contributed by atoms with Crippen molar-refractivity contribution in [2.45, 2.75) is 0 Å². The second-order valence-electron chi connectivity index (χ2n) is 10.00. The number of nitrogens with zero attached hydrogens (tertiary/aromatic N) is 2. The van der Waals surface area contributed by atoms with Crippen LogP contribution in [-0.2, 0) is 0 Å². The van der Waals surface area contributed by atoms with Gasteiger partial charge in [-0.05, 0) is 45.7 Å². The van der Waals surface area contributed by atoms with E-state index < -0.39 is 0 Å². The van der Waals surface area contributed by atoms with Gasteiger partial charge < -0.3 is 0 Å². The van der Waals surface area contributed by atoms with Crippen LogP contribution in [-0.4, -0.2) is 9.97 Å². The lowest BCUT2D eigenvalue weighted by Crippen LogP contribution is -1.96. The smallest absolute Gasteiger partial charge is 0.160 e. The van der Waals surface area contributed by atoms with Crippen molar-refractivity contribution in [3.05, 3.63) is 157 Å². The standard InChI is InChI=1S/C38H25ClN2/c39-34-23-22-27-12-7-8-17-33(27)37(34)29-20-18-28(19-21-29)35-25-36(41-38(40-35)30-13-5-2-6-14-30)32-16-9-15-31(24-32)26-10-3-1-4-11-26/h1-25H. The molecule has 0 N–H and O–H groups in total. The van der Waals surface area contributed by atoms with E-state index in [9.17, 15) is 0 Å². The van der Waals surface area contributed by atoms with E-state index >= 15 is 0 Å². The highest BCUT2D eigenvalue weighted by Crippen LogP contribution is 2.37. The Morgan fingerprint density at radius 2 is 0.976 bits per heavy atom. The SMILES string of the molecule is Clc1ccc2ccccc2c1-c1ccc(-c2cc(-c3cccc(-c4ccccc4)c3)nc(-c3ccccc3)n2)cc1. The maximum absolute atomic E-state index is 6.71. The molecular weight excluding hydrogens is 520 g/mol. The molecule has 0 saturated carbocycles. The first-order valence-electron chi connectivity index (χ1n) is 13.6. The maximum atomic E-state index is 6.71. The van der Waals surface area contributed by atoms with Crippen molar-refractivity contribution < 1.29 is 0 Å². The van der Waals surface area contributed by atoms with Crippen LogP contribution in [0.4, 0.5) is 0 Å². The molecule has 0 saturated heterocycles. The lowest BCUT2D eigenvalue weighted by molar-refractivity contribution is 1.18. The number of hydrogen-bond donors (Lipinski definition) is 0. The van der Waals surface area contributed by atoms with E-state index in [1.807, 2.05) is 30.3 Å². The molecule has 0 fully saturated rings. The monoisotopic (exact) mass is 544 g/mol. The molecule has 3 heteroatoms. The normalized spacial score (nSPS) is 11.0. The van der Waals surface area contributed by atoms with Gasteiger partial charge in [-0.25, -0.2) is 9.97 Å². The zero-order chi connectivity index (χ0) is 27.6. The number of hydrogen-bond acceptors (Lipinski definition) is 2. The van der Waals surface area contributed by atoms with E-state index in [1.165, 1.54) is 10.9 Å². The minimum atomic E-state index is 0.699. The van der Waals surface area contributed by atoms with Gasteiger partial charge >= 0.3 is 0 Å². The summed E-state index contributed by atoms with van der Waals surface area (Å²) in [5, 5.41) is 3.05. The fourth-order valence-electron chi connectivity index (χ4n) is 5.29. The molecule has 6 aromatic carbocycles. The largest absolute Gasteiger partial charge is 0.228 e. The van der Waals surface area contributed by atoms with Gasteiger partial charge in [0.25, 0.3) is 0 Å². The lowest BCUT2D eigenvalue weighted by Gasteiger charge is -2.12. The third kappa shape index (κ3) is 5.02. The highest BCUT2D eigenvalue weighted by Gasteiger charge is 2.13. The van der Waals surface area contributed by atoms with E-state index in [1.54, 1.807) is 0 Å². The summed E-state index contributed by atoms with van der Waals surface area (Å²) in [6.07, 6.45) is 0. The molecule has 0 amide bonds. The highest BCUT2D eigenvalue weighted by molar-refractivity contribution is 6.35. The predicted octanol–water partition coefficient (Wildman–Crippen LogP) is 10.6. The molecular formula is C38H25ClN2. The van der Waals surface area contributed by atoms with Gasteiger partial charge in [-0.15, -0.1) is 0 Å². The van der Waals surface area contributed by atoms with Gasteiger partial charge in [-0.2, -0.15) is 0 Å².